The number of hydrogen-bond donors (Lipinski definition) is 2. The largest absolute Gasteiger partial charge is 0.496 e. The molecule has 25 heavy (non-hydrogen) atoms. The van der Waals surface area contributed by atoms with Crippen LogP contribution in [0.3, 0.4) is 0 Å². The van der Waals surface area contributed by atoms with Crippen LogP contribution in [0.2, 0.25) is 5.02 Å². The topological polar surface area (TPSA) is 67.6 Å². The Kier molecular flexibility index (Phi) is 11.3. The van der Waals surface area contributed by atoms with Gasteiger partial charge in [-0.25, -0.2) is 0 Å². The molecule has 0 radical (unpaired) electrons. The number of benzene rings is 1. The number of anilines is 1. The lowest BCUT2D eigenvalue weighted by Crippen LogP contribution is -2.35. The maximum Gasteiger partial charge on any atom is 0.255 e. The first-order valence-corrected chi connectivity index (χ1v) is 8.56. The zero-order valence-electron chi connectivity index (χ0n) is 14.7. The van der Waals surface area contributed by atoms with Crippen LogP contribution in [0, 0.1) is 5.92 Å². The molecule has 1 fully saturated rings. The second-order valence-electron chi connectivity index (χ2n) is 6.00. The number of nitrogens with zero attached hydrogens (tertiary/aromatic N) is 1. The maximum absolute atomic E-state index is 12.3. The highest BCUT2D eigenvalue weighted by Crippen LogP contribution is 2.28. The third-order valence-corrected chi connectivity index (χ3v) is 4.88. The van der Waals surface area contributed by atoms with E-state index in [2.05, 4.69) is 17.1 Å². The van der Waals surface area contributed by atoms with Crippen LogP contribution in [0.5, 0.6) is 5.75 Å². The number of rotatable bonds is 6. The van der Waals surface area contributed by atoms with E-state index in [1.165, 1.54) is 20.0 Å². The number of nitrogen functional groups attached to an aromatic ring is 1. The van der Waals surface area contributed by atoms with Gasteiger partial charge in [-0.1, -0.05) is 18.5 Å². The van der Waals surface area contributed by atoms with Gasteiger partial charge in [-0.3, -0.25) is 4.79 Å². The van der Waals surface area contributed by atoms with Gasteiger partial charge < -0.3 is 20.7 Å². The molecule has 5 nitrogen and oxygen atoms in total. The number of amides is 1. The van der Waals surface area contributed by atoms with Crippen molar-refractivity contribution >= 4 is 48.0 Å². The summed E-state index contributed by atoms with van der Waals surface area (Å²) < 4.78 is 5.22. The van der Waals surface area contributed by atoms with E-state index in [0.29, 0.717) is 34.5 Å². The van der Waals surface area contributed by atoms with Crippen LogP contribution in [-0.2, 0) is 0 Å². The van der Waals surface area contributed by atoms with Crippen molar-refractivity contribution in [2.75, 3.05) is 39.0 Å². The minimum Gasteiger partial charge on any atom is -0.496 e. The van der Waals surface area contributed by atoms with Crippen molar-refractivity contribution in [1.29, 1.82) is 0 Å². The summed E-state index contributed by atoms with van der Waals surface area (Å²) in [5.41, 5.74) is 6.57. The molecule has 0 unspecified atom stereocenters. The highest BCUT2D eigenvalue weighted by atomic mass is 35.5. The summed E-state index contributed by atoms with van der Waals surface area (Å²) in [6, 6.07) is 3.14. The zero-order valence-corrected chi connectivity index (χ0v) is 17.1. The van der Waals surface area contributed by atoms with Gasteiger partial charge in [0.2, 0.25) is 0 Å². The van der Waals surface area contributed by atoms with Crippen molar-refractivity contribution < 1.29 is 9.53 Å². The fourth-order valence-electron chi connectivity index (χ4n) is 2.99. The Labute approximate surface area is 167 Å². The number of likely N-dealkylation sites (tertiary alicyclic amines) is 1. The molecule has 1 heterocycles. The van der Waals surface area contributed by atoms with Crippen molar-refractivity contribution in [3.05, 3.63) is 22.7 Å². The van der Waals surface area contributed by atoms with E-state index in [1.54, 1.807) is 12.1 Å². The van der Waals surface area contributed by atoms with Crippen molar-refractivity contribution in [1.82, 2.24) is 10.2 Å². The number of carbonyl (C=O) groups excluding carboxylic acids is 1. The predicted molar refractivity (Wildman–Crippen MR) is 109 cm³/mol. The first-order valence-electron chi connectivity index (χ1n) is 8.18. The molecule has 0 spiro atoms. The Morgan fingerprint density at radius 2 is 2.00 bits per heavy atom. The molecule has 1 aromatic carbocycles. The van der Waals surface area contributed by atoms with Gasteiger partial charge in [-0.15, -0.1) is 24.8 Å². The first-order chi connectivity index (χ1) is 11.0. The van der Waals surface area contributed by atoms with Crippen LogP contribution in [0.15, 0.2) is 12.1 Å². The summed E-state index contributed by atoms with van der Waals surface area (Å²) in [6.07, 6.45) is 3.43. The smallest absolute Gasteiger partial charge is 0.255 e. The highest BCUT2D eigenvalue weighted by Gasteiger charge is 2.19. The number of nitrogens with two attached hydrogens (primary N) is 1. The summed E-state index contributed by atoms with van der Waals surface area (Å²) in [7, 11) is 1.51. The third kappa shape index (κ3) is 6.74. The summed E-state index contributed by atoms with van der Waals surface area (Å²) in [6.45, 7) is 6.32. The second-order valence-corrected chi connectivity index (χ2v) is 6.40. The number of halogens is 3. The summed E-state index contributed by atoms with van der Waals surface area (Å²) >= 11 is 6.00. The average molecular weight is 413 g/mol. The van der Waals surface area contributed by atoms with Crippen molar-refractivity contribution in [3.8, 4) is 5.75 Å². The molecule has 8 heteroatoms. The molecular formula is C17H28Cl3N3O2. The highest BCUT2D eigenvalue weighted by molar-refractivity contribution is 6.33. The van der Waals surface area contributed by atoms with Gasteiger partial charge in [-0.05, 0) is 50.9 Å². The van der Waals surface area contributed by atoms with Gasteiger partial charge in [0, 0.05) is 12.6 Å². The molecule has 1 saturated heterocycles. The van der Waals surface area contributed by atoms with Gasteiger partial charge in [0.15, 0.2) is 0 Å². The van der Waals surface area contributed by atoms with E-state index in [4.69, 9.17) is 22.1 Å². The lowest BCUT2D eigenvalue weighted by atomic mass is 9.93. The molecule has 0 saturated carbocycles. The molecular weight excluding hydrogens is 385 g/mol. The lowest BCUT2D eigenvalue weighted by molar-refractivity contribution is 0.0945. The monoisotopic (exact) mass is 411 g/mol. The molecule has 1 aromatic rings. The third-order valence-electron chi connectivity index (χ3n) is 4.56. The summed E-state index contributed by atoms with van der Waals surface area (Å²) in [4.78, 5) is 14.8. The van der Waals surface area contributed by atoms with Crippen molar-refractivity contribution in [3.63, 3.8) is 0 Å². The average Bonchev–Trinajstić information content (AvgIpc) is 2.57. The molecule has 0 aliphatic carbocycles. The van der Waals surface area contributed by atoms with Gasteiger partial charge in [0.25, 0.3) is 5.91 Å². The number of hydrogen-bond acceptors (Lipinski definition) is 4. The number of methoxy groups -OCH3 is 1. The van der Waals surface area contributed by atoms with Crippen LogP contribution in [0.1, 0.15) is 36.5 Å². The fourth-order valence-corrected chi connectivity index (χ4v) is 3.16. The minimum absolute atomic E-state index is 0. The van der Waals surface area contributed by atoms with Gasteiger partial charge >= 0.3 is 0 Å². The van der Waals surface area contributed by atoms with Crippen LogP contribution in [0.25, 0.3) is 0 Å². The molecule has 3 N–H and O–H groups in total. The zero-order chi connectivity index (χ0) is 16.8. The molecule has 1 aliphatic heterocycles. The summed E-state index contributed by atoms with van der Waals surface area (Å²) in [5, 5.41) is 3.32. The van der Waals surface area contributed by atoms with E-state index < -0.39 is 0 Å². The van der Waals surface area contributed by atoms with Crippen LogP contribution < -0.4 is 15.8 Å². The van der Waals surface area contributed by atoms with E-state index in [-0.39, 0.29) is 30.7 Å². The summed E-state index contributed by atoms with van der Waals surface area (Å²) in [5.74, 6) is 0.963. The lowest BCUT2D eigenvalue weighted by Gasteiger charge is -2.31. The van der Waals surface area contributed by atoms with Crippen LogP contribution in [-0.4, -0.2) is 44.1 Å². The predicted octanol–water partition coefficient (Wildman–Crippen LogP) is 3.63. The number of carbonyl (C=O) groups is 1. The van der Waals surface area contributed by atoms with Crippen LogP contribution >= 0.6 is 36.4 Å². The molecule has 1 amide bonds. The number of nitrogens with one attached hydrogen (secondary N) is 1. The Morgan fingerprint density at radius 1 is 1.36 bits per heavy atom. The molecule has 144 valence electrons. The quantitative estimate of drug-likeness (QED) is 0.700. The SMILES string of the molecule is CCN1CCC(CCNC(=O)c2cc(Cl)c(N)cc2OC)CC1.Cl.Cl. The Bertz CT molecular complexity index is 550. The standard InChI is InChI=1S/C17H26ClN3O2.2ClH/c1-3-21-8-5-12(6-9-21)4-7-20-17(22)13-10-14(18)15(19)11-16(13)23-2;;/h10-12H,3-9,19H2,1-2H3,(H,20,22);2*1H. The van der Waals surface area contributed by atoms with Crippen molar-refractivity contribution in [2.45, 2.75) is 26.2 Å². The molecule has 1 aliphatic rings. The van der Waals surface area contributed by atoms with Gasteiger partial charge in [0.1, 0.15) is 5.75 Å². The molecule has 2 rings (SSSR count). The second kappa shape index (κ2) is 11.7. The van der Waals surface area contributed by atoms with Gasteiger partial charge in [-0.2, -0.15) is 0 Å². The minimum atomic E-state index is -0.172. The number of piperidine rings is 1. The van der Waals surface area contributed by atoms with E-state index >= 15 is 0 Å². The Hall–Kier alpha value is -0.880. The van der Waals surface area contributed by atoms with E-state index in [9.17, 15) is 4.79 Å². The molecule has 0 bridgehead atoms. The van der Waals surface area contributed by atoms with Crippen molar-refractivity contribution in [2.24, 2.45) is 5.92 Å². The maximum atomic E-state index is 12.3. The number of ether oxygens (including phenoxy) is 1. The Balaban J connectivity index is 0.00000288. The van der Waals surface area contributed by atoms with Crippen LogP contribution in [0.4, 0.5) is 5.69 Å². The van der Waals surface area contributed by atoms with Gasteiger partial charge in [0.05, 0.1) is 23.4 Å². The molecule has 0 aromatic heterocycles. The molecule has 0 atom stereocenters. The van der Waals surface area contributed by atoms with E-state index in [1.807, 2.05) is 0 Å². The first kappa shape index (κ1) is 24.1. The normalized spacial score (nSPS) is 15.0. The van der Waals surface area contributed by atoms with E-state index in [0.717, 1.165) is 26.1 Å². The fraction of sp³-hybridized carbons (Fsp3) is 0.588. The Morgan fingerprint density at radius 3 is 2.56 bits per heavy atom.